The van der Waals surface area contributed by atoms with E-state index >= 15 is 0 Å². The molecule has 0 spiro atoms. The van der Waals surface area contributed by atoms with Crippen LogP contribution in [0.15, 0.2) is 54.2 Å². The second-order valence-corrected chi connectivity index (χ2v) is 10.3. The lowest BCUT2D eigenvalue weighted by atomic mass is 9.77. The maximum atomic E-state index is 13.3. The molecular formula is C29H30ClN5O3. The first-order chi connectivity index (χ1) is 18.1. The van der Waals surface area contributed by atoms with Crippen LogP contribution in [-0.2, 0) is 26.3 Å². The predicted octanol–water partition coefficient (Wildman–Crippen LogP) is 5.64. The summed E-state index contributed by atoms with van der Waals surface area (Å²) in [7, 11) is 0. The molecule has 4 rings (SSSR count). The number of hydrogen-bond donors (Lipinski definition) is 2. The quantitative estimate of drug-likeness (QED) is 0.160. The number of nitrogens with two attached hydrogens (primary N) is 1. The SMILES string of the molecule is C=C(c1nc(N)c2c(n1)NC(=O)[C@@]2(C)c1ccc(CC/C(C)=N/OC=O)cc1)c1ccc(Cl)cc1C(C)C. The van der Waals surface area contributed by atoms with Gasteiger partial charge in [0, 0.05) is 10.6 Å². The number of aryl methyl sites for hydroxylation is 1. The van der Waals surface area contributed by atoms with Crippen LogP contribution in [0, 0.1) is 0 Å². The van der Waals surface area contributed by atoms with Crippen molar-refractivity contribution in [2.75, 3.05) is 11.1 Å². The smallest absolute Gasteiger partial charge is 0.323 e. The number of carbonyl (C=O) groups excluding carboxylic acids is 2. The summed E-state index contributed by atoms with van der Waals surface area (Å²) in [5.41, 5.74) is 11.0. The fourth-order valence-electron chi connectivity index (χ4n) is 4.71. The first-order valence-electron chi connectivity index (χ1n) is 12.3. The topological polar surface area (TPSA) is 120 Å². The summed E-state index contributed by atoms with van der Waals surface area (Å²) >= 11 is 6.23. The lowest BCUT2D eigenvalue weighted by Gasteiger charge is -2.24. The minimum Gasteiger partial charge on any atom is -0.383 e. The lowest BCUT2D eigenvalue weighted by molar-refractivity contribution is -0.128. The van der Waals surface area contributed by atoms with Crippen LogP contribution in [0.5, 0.6) is 0 Å². The first-order valence-corrected chi connectivity index (χ1v) is 12.6. The van der Waals surface area contributed by atoms with Crippen molar-refractivity contribution >= 4 is 46.9 Å². The Labute approximate surface area is 227 Å². The molecule has 3 N–H and O–H groups in total. The van der Waals surface area contributed by atoms with Crippen molar-refractivity contribution < 1.29 is 14.4 Å². The average molecular weight is 532 g/mol. The number of amides is 1. The van der Waals surface area contributed by atoms with Gasteiger partial charge in [0.2, 0.25) is 5.91 Å². The number of anilines is 2. The van der Waals surface area contributed by atoms with Gasteiger partial charge in [-0.05, 0) is 67.0 Å². The Hall–Kier alpha value is -4.04. The molecule has 9 heteroatoms. The van der Waals surface area contributed by atoms with Gasteiger partial charge in [-0.2, -0.15) is 0 Å². The molecule has 1 amide bonds. The van der Waals surface area contributed by atoms with Gasteiger partial charge in [0.1, 0.15) is 17.1 Å². The van der Waals surface area contributed by atoms with Gasteiger partial charge in [-0.25, -0.2) is 9.97 Å². The molecule has 196 valence electrons. The third kappa shape index (κ3) is 5.04. The number of nitrogens with zero attached hydrogens (tertiary/aromatic N) is 3. The Morgan fingerprint density at radius 1 is 1.24 bits per heavy atom. The zero-order valence-electron chi connectivity index (χ0n) is 21.8. The Morgan fingerprint density at radius 2 is 1.95 bits per heavy atom. The summed E-state index contributed by atoms with van der Waals surface area (Å²) in [5, 5.41) is 7.25. The van der Waals surface area contributed by atoms with E-state index in [1.165, 1.54) is 0 Å². The number of nitrogen functional groups attached to an aromatic ring is 1. The third-order valence-electron chi connectivity index (χ3n) is 6.91. The summed E-state index contributed by atoms with van der Waals surface area (Å²) in [6.45, 7) is 12.3. The molecule has 2 heterocycles. The van der Waals surface area contributed by atoms with Crippen molar-refractivity contribution in [3.05, 3.63) is 87.7 Å². The molecule has 8 nitrogen and oxygen atoms in total. The van der Waals surface area contributed by atoms with Gasteiger partial charge in [0.15, 0.2) is 5.82 Å². The highest BCUT2D eigenvalue weighted by Gasteiger charge is 2.47. The Kier molecular flexibility index (Phi) is 7.64. The third-order valence-corrected chi connectivity index (χ3v) is 7.15. The summed E-state index contributed by atoms with van der Waals surface area (Å²) in [6, 6.07) is 13.4. The molecule has 0 bridgehead atoms. The van der Waals surface area contributed by atoms with E-state index in [0.29, 0.717) is 46.4 Å². The van der Waals surface area contributed by atoms with Gasteiger partial charge in [-0.1, -0.05) is 67.5 Å². The normalized spacial score (nSPS) is 16.8. The Balaban J connectivity index is 1.65. The molecule has 0 unspecified atom stereocenters. The van der Waals surface area contributed by atoms with E-state index in [0.717, 1.165) is 22.3 Å². The fraction of sp³-hybridized carbons (Fsp3) is 0.276. The first kappa shape index (κ1) is 27.0. The van der Waals surface area contributed by atoms with Crippen LogP contribution < -0.4 is 11.1 Å². The van der Waals surface area contributed by atoms with Crippen LogP contribution in [0.3, 0.4) is 0 Å². The summed E-state index contributed by atoms with van der Waals surface area (Å²) in [6.07, 6.45) is 1.34. The van der Waals surface area contributed by atoms with Crippen LogP contribution in [0.1, 0.15) is 73.7 Å². The number of benzene rings is 2. The maximum absolute atomic E-state index is 13.3. The standard InChI is InChI=1S/C29H30ClN5O3/c1-16(2)23-14-21(30)12-13-22(23)18(4)26-32-25(31)24-27(33-26)34-28(37)29(24,5)20-10-8-19(9-11-20)7-6-17(3)35-38-15-36/h8-16H,4,6-7H2,1-3,5H3,(H3,31,32,33,34,37)/b35-17+/t29-/m0/s1. The molecule has 0 saturated heterocycles. The molecular weight excluding hydrogens is 502 g/mol. The van der Waals surface area contributed by atoms with Gasteiger partial charge >= 0.3 is 6.47 Å². The van der Waals surface area contributed by atoms with E-state index < -0.39 is 5.41 Å². The molecule has 1 atom stereocenters. The van der Waals surface area contributed by atoms with Gasteiger partial charge in [-0.3, -0.25) is 9.59 Å². The molecule has 2 aromatic carbocycles. The second-order valence-electron chi connectivity index (χ2n) is 9.83. The van der Waals surface area contributed by atoms with Crippen molar-refractivity contribution in [3.63, 3.8) is 0 Å². The second kappa shape index (κ2) is 10.8. The molecule has 0 fully saturated rings. The van der Waals surface area contributed by atoms with Crippen molar-refractivity contribution in [1.29, 1.82) is 0 Å². The minimum atomic E-state index is -1.06. The van der Waals surface area contributed by atoms with Crippen LogP contribution in [0.2, 0.25) is 5.02 Å². The monoisotopic (exact) mass is 531 g/mol. The van der Waals surface area contributed by atoms with Crippen LogP contribution in [0.4, 0.5) is 11.6 Å². The fourth-order valence-corrected chi connectivity index (χ4v) is 4.89. The van der Waals surface area contributed by atoms with E-state index in [-0.39, 0.29) is 24.1 Å². The molecule has 0 aliphatic carbocycles. The number of hydrogen-bond acceptors (Lipinski definition) is 7. The number of halogens is 1. The van der Waals surface area contributed by atoms with E-state index in [2.05, 4.69) is 45.7 Å². The molecule has 1 aromatic heterocycles. The van der Waals surface area contributed by atoms with Crippen LogP contribution >= 0.6 is 11.6 Å². The number of fused-ring (bicyclic) bond motifs is 1. The molecule has 38 heavy (non-hydrogen) atoms. The lowest BCUT2D eigenvalue weighted by Crippen LogP contribution is -2.33. The molecule has 0 saturated carbocycles. The summed E-state index contributed by atoms with van der Waals surface area (Å²) < 4.78 is 0. The number of oxime groups is 1. The largest absolute Gasteiger partial charge is 0.383 e. The molecule has 3 aromatic rings. The highest BCUT2D eigenvalue weighted by molar-refractivity contribution is 6.30. The predicted molar refractivity (Wildman–Crippen MR) is 150 cm³/mol. The van der Waals surface area contributed by atoms with Gasteiger partial charge in [-0.15, -0.1) is 0 Å². The zero-order chi connectivity index (χ0) is 27.6. The maximum Gasteiger partial charge on any atom is 0.323 e. The number of rotatable bonds is 9. The van der Waals surface area contributed by atoms with Crippen molar-refractivity contribution in [3.8, 4) is 0 Å². The zero-order valence-corrected chi connectivity index (χ0v) is 22.6. The van der Waals surface area contributed by atoms with Crippen molar-refractivity contribution in [2.24, 2.45) is 5.16 Å². The number of carbonyl (C=O) groups is 2. The minimum absolute atomic E-state index is 0.207. The molecule has 1 aliphatic heterocycles. The van der Waals surface area contributed by atoms with E-state index in [1.807, 2.05) is 43.3 Å². The van der Waals surface area contributed by atoms with Crippen molar-refractivity contribution in [1.82, 2.24) is 9.97 Å². The molecule has 1 aliphatic rings. The van der Waals surface area contributed by atoms with Gasteiger partial charge < -0.3 is 15.9 Å². The van der Waals surface area contributed by atoms with Crippen LogP contribution in [0.25, 0.3) is 5.57 Å². The number of nitrogens with one attached hydrogen (secondary N) is 1. The Bertz CT molecular complexity index is 1450. The van der Waals surface area contributed by atoms with Gasteiger partial charge in [0.25, 0.3) is 0 Å². The van der Waals surface area contributed by atoms with Crippen molar-refractivity contribution in [2.45, 2.75) is 51.9 Å². The highest BCUT2D eigenvalue weighted by Crippen LogP contribution is 2.45. The molecule has 0 radical (unpaired) electrons. The Morgan fingerprint density at radius 3 is 2.61 bits per heavy atom. The van der Waals surface area contributed by atoms with E-state index in [1.54, 1.807) is 13.0 Å². The number of aromatic nitrogens is 2. The summed E-state index contributed by atoms with van der Waals surface area (Å²) in [5.74, 6) is 0.929. The van der Waals surface area contributed by atoms with E-state index in [9.17, 15) is 9.59 Å². The average Bonchev–Trinajstić information content (AvgIpc) is 3.16. The van der Waals surface area contributed by atoms with Gasteiger partial charge in [0.05, 0.1) is 11.3 Å². The van der Waals surface area contributed by atoms with E-state index in [4.69, 9.17) is 17.3 Å². The highest BCUT2D eigenvalue weighted by atomic mass is 35.5. The van der Waals surface area contributed by atoms with Crippen LogP contribution in [-0.4, -0.2) is 28.1 Å². The summed E-state index contributed by atoms with van der Waals surface area (Å²) in [4.78, 5) is 37.3.